The van der Waals surface area contributed by atoms with Crippen molar-refractivity contribution in [2.24, 2.45) is 0 Å². The fourth-order valence-electron chi connectivity index (χ4n) is 2.15. The molecule has 1 aliphatic heterocycles. The van der Waals surface area contributed by atoms with Crippen molar-refractivity contribution in [3.05, 3.63) is 24.2 Å². The molecule has 7 nitrogen and oxygen atoms in total. The maximum absolute atomic E-state index is 12.0. The minimum absolute atomic E-state index is 0.00896. The normalized spacial score (nSPS) is 16.0. The van der Waals surface area contributed by atoms with Crippen LogP contribution in [0.4, 0.5) is 0 Å². The standard InChI is InChI=1S/C13H18N2O5S/c1-21(18,19)10-4-12(16)14-5-7-15(8-6-14)13(17)11-3-2-9-20-11/h2-3,9H,4-8,10H2,1H3. The zero-order valence-corrected chi connectivity index (χ0v) is 12.6. The van der Waals surface area contributed by atoms with E-state index in [-0.39, 0.29) is 29.7 Å². The molecule has 2 rings (SSSR count). The molecule has 1 fully saturated rings. The van der Waals surface area contributed by atoms with Crippen LogP contribution in [0, 0.1) is 0 Å². The Morgan fingerprint density at radius 3 is 2.33 bits per heavy atom. The van der Waals surface area contributed by atoms with Gasteiger partial charge >= 0.3 is 0 Å². The summed E-state index contributed by atoms with van der Waals surface area (Å²) in [6.45, 7) is 1.67. The van der Waals surface area contributed by atoms with Crippen LogP contribution < -0.4 is 0 Å². The second-order valence-corrected chi connectivity index (χ2v) is 7.29. The van der Waals surface area contributed by atoms with Crippen LogP contribution >= 0.6 is 0 Å². The van der Waals surface area contributed by atoms with Crippen molar-refractivity contribution >= 4 is 21.7 Å². The third kappa shape index (κ3) is 4.32. The zero-order valence-electron chi connectivity index (χ0n) is 11.8. The SMILES string of the molecule is CS(=O)(=O)CCC(=O)N1CCN(C(=O)c2ccco2)CC1. The van der Waals surface area contributed by atoms with Crippen LogP contribution in [-0.2, 0) is 14.6 Å². The molecule has 1 aliphatic rings. The number of hydrogen-bond donors (Lipinski definition) is 0. The highest BCUT2D eigenvalue weighted by Crippen LogP contribution is 2.10. The van der Waals surface area contributed by atoms with Crippen molar-refractivity contribution in [1.82, 2.24) is 9.80 Å². The number of hydrogen-bond acceptors (Lipinski definition) is 5. The molecule has 0 aromatic carbocycles. The lowest BCUT2D eigenvalue weighted by Crippen LogP contribution is -2.50. The first-order valence-electron chi connectivity index (χ1n) is 6.65. The van der Waals surface area contributed by atoms with E-state index in [1.807, 2.05) is 0 Å². The average Bonchev–Trinajstić information content (AvgIpc) is 2.97. The van der Waals surface area contributed by atoms with Gasteiger partial charge in [-0.2, -0.15) is 0 Å². The number of piperazine rings is 1. The fourth-order valence-corrected chi connectivity index (χ4v) is 2.69. The Kier molecular flexibility index (Phi) is 4.66. The quantitative estimate of drug-likeness (QED) is 0.780. The van der Waals surface area contributed by atoms with Crippen LogP contribution in [0.25, 0.3) is 0 Å². The van der Waals surface area contributed by atoms with Crippen molar-refractivity contribution in [3.63, 3.8) is 0 Å². The van der Waals surface area contributed by atoms with E-state index in [0.717, 1.165) is 6.26 Å². The van der Waals surface area contributed by atoms with Gasteiger partial charge in [-0.3, -0.25) is 9.59 Å². The molecule has 0 atom stereocenters. The van der Waals surface area contributed by atoms with Gasteiger partial charge in [0, 0.05) is 38.9 Å². The first-order valence-corrected chi connectivity index (χ1v) is 8.71. The van der Waals surface area contributed by atoms with Crippen LogP contribution in [0.2, 0.25) is 0 Å². The number of amides is 2. The number of carbonyl (C=O) groups is 2. The van der Waals surface area contributed by atoms with Gasteiger partial charge in [0.05, 0.1) is 12.0 Å². The average molecular weight is 314 g/mol. The summed E-state index contributed by atoms with van der Waals surface area (Å²) in [4.78, 5) is 27.2. The number of rotatable bonds is 4. The van der Waals surface area contributed by atoms with Crippen LogP contribution in [0.5, 0.6) is 0 Å². The minimum atomic E-state index is -3.14. The number of nitrogens with zero attached hydrogens (tertiary/aromatic N) is 2. The molecule has 0 spiro atoms. The molecule has 1 saturated heterocycles. The van der Waals surface area contributed by atoms with Gasteiger partial charge in [-0.05, 0) is 12.1 Å². The van der Waals surface area contributed by atoms with E-state index in [1.54, 1.807) is 21.9 Å². The van der Waals surface area contributed by atoms with Crippen LogP contribution in [0.3, 0.4) is 0 Å². The van der Waals surface area contributed by atoms with Crippen molar-refractivity contribution in [3.8, 4) is 0 Å². The van der Waals surface area contributed by atoms with Crippen molar-refractivity contribution in [2.75, 3.05) is 38.2 Å². The molecule has 2 amide bonds. The van der Waals surface area contributed by atoms with Gasteiger partial charge in [-0.25, -0.2) is 8.42 Å². The van der Waals surface area contributed by atoms with E-state index < -0.39 is 9.84 Å². The molecule has 1 aromatic heterocycles. The summed E-state index contributed by atoms with van der Waals surface area (Å²) in [7, 11) is -3.14. The van der Waals surface area contributed by atoms with Crippen LogP contribution in [-0.4, -0.2) is 68.2 Å². The molecule has 0 bridgehead atoms. The summed E-state index contributed by atoms with van der Waals surface area (Å²) >= 11 is 0. The summed E-state index contributed by atoms with van der Waals surface area (Å²) in [5.74, 6) is -0.238. The monoisotopic (exact) mass is 314 g/mol. The summed E-state index contributed by atoms with van der Waals surface area (Å²) < 4.78 is 27.2. The van der Waals surface area contributed by atoms with Crippen LogP contribution in [0.1, 0.15) is 17.0 Å². The predicted octanol–water partition coefficient (Wildman–Crippen LogP) is -0.00130. The van der Waals surface area contributed by atoms with Gasteiger partial charge in [-0.1, -0.05) is 0 Å². The maximum Gasteiger partial charge on any atom is 0.289 e. The second-order valence-electron chi connectivity index (χ2n) is 5.03. The Morgan fingerprint density at radius 2 is 1.81 bits per heavy atom. The molecule has 2 heterocycles. The molecule has 0 radical (unpaired) electrons. The molecule has 21 heavy (non-hydrogen) atoms. The highest BCUT2D eigenvalue weighted by molar-refractivity contribution is 7.90. The summed E-state index contributed by atoms with van der Waals surface area (Å²) in [6.07, 6.45) is 2.55. The highest BCUT2D eigenvalue weighted by Gasteiger charge is 2.26. The van der Waals surface area contributed by atoms with Crippen molar-refractivity contribution < 1.29 is 22.4 Å². The molecule has 116 valence electrons. The van der Waals surface area contributed by atoms with Gasteiger partial charge in [0.2, 0.25) is 5.91 Å². The third-order valence-corrected chi connectivity index (χ3v) is 4.28. The lowest BCUT2D eigenvalue weighted by molar-refractivity contribution is -0.132. The van der Waals surface area contributed by atoms with Gasteiger partial charge in [0.1, 0.15) is 9.84 Å². The first kappa shape index (κ1) is 15.6. The van der Waals surface area contributed by atoms with E-state index in [4.69, 9.17) is 4.42 Å². The Bertz CT molecular complexity index is 601. The van der Waals surface area contributed by atoms with Gasteiger partial charge < -0.3 is 14.2 Å². The fraction of sp³-hybridized carbons (Fsp3) is 0.538. The van der Waals surface area contributed by atoms with Crippen molar-refractivity contribution in [1.29, 1.82) is 0 Å². The Balaban J connectivity index is 1.83. The largest absolute Gasteiger partial charge is 0.459 e. The lowest BCUT2D eigenvalue weighted by atomic mass is 10.2. The first-order chi connectivity index (χ1) is 9.87. The van der Waals surface area contributed by atoms with E-state index >= 15 is 0 Å². The summed E-state index contributed by atoms with van der Waals surface area (Å²) in [6, 6.07) is 3.25. The number of carbonyl (C=O) groups excluding carboxylic acids is 2. The summed E-state index contributed by atoms with van der Waals surface area (Å²) in [5.41, 5.74) is 0. The molecular weight excluding hydrogens is 296 g/mol. The highest BCUT2D eigenvalue weighted by atomic mass is 32.2. The lowest BCUT2D eigenvalue weighted by Gasteiger charge is -2.34. The molecule has 0 aliphatic carbocycles. The predicted molar refractivity (Wildman–Crippen MR) is 75.5 cm³/mol. The smallest absolute Gasteiger partial charge is 0.289 e. The Labute approximate surface area is 123 Å². The van der Waals surface area contributed by atoms with Gasteiger partial charge in [-0.15, -0.1) is 0 Å². The zero-order chi connectivity index (χ0) is 15.5. The third-order valence-electron chi connectivity index (χ3n) is 3.34. The van der Waals surface area contributed by atoms with E-state index in [2.05, 4.69) is 0 Å². The molecule has 8 heteroatoms. The summed E-state index contributed by atoms with van der Waals surface area (Å²) in [5, 5.41) is 0. The Hall–Kier alpha value is -1.83. The maximum atomic E-state index is 12.0. The topological polar surface area (TPSA) is 87.9 Å². The van der Waals surface area contributed by atoms with Crippen molar-refractivity contribution in [2.45, 2.75) is 6.42 Å². The molecule has 0 unspecified atom stereocenters. The molecule has 0 saturated carbocycles. The second kappa shape index (κ2) is 6.30. The molecule has 0 N–H and O–H groups in total. The van der Waals surface area contributed by atoms with Crippen LogP contribution in [0.15, 0.2) is 22.8 Å². The number of furan rings is 1. The van der Waals surface area contributed by atoms with E-state index in [1.165, 1.54) is 6.26 Å². The van der Waals surface area contributed by atoms with E-state index in [9.17, 15) is 18.0 Å². The van der Waals surface area contributed by atoms with Gasteiger partial charge in [0.15, 0.2) is 5.76 Å². The Morgan fingerprint density at radius 1 is 1.19 bits per heavy atom. The van der Waals surface area contributed by atoms with E-state index in [0.29, 0.717) is 26.2 Å². The van der Waals surface area contributed by atoms with Gasteiger partial charge in [0.25, 0.3) is 5.91 Å². The molecule has 1 aromatic rings. The molecular formula is C13H18N2O5S. The number of sulfone groups is 1. The minimum Gasteiger partial charge on any atom is -0.459 e.